The van der Waals surface area contributed by atoms with E-state index in [4.69, 9.17) is 32.3 Å². The lowest BCUT2D eigenvalue weighted by atomic mass is 10.1. The van der Waals surface area contributed by atoms with Crippen molar-refractivity contribution in [2.24, 2.45) is 0 Å². The monoisotopic (exact) mass is 606 g/mol. The largest absolute Gasteiger partial charge is 0.496 e. The summed E-state index contributed by atoms with van der Waals surface area (Å²) >= 11 is 3.25. The van der Waals surface area contributed by atoms with Crippen molar-refractivity contribution >= 4 is 37.0 Å². The molecule has 0 aliphatic carbocycles. The van der Waals surface area contributed by atoms with Crippen LogP contribution in [0.1, 0.15) is 0 Å². The average molecular weight is 607 g/mol. The first-order chi connectivity index (χ1) is 18.2. The van der Waals surface area contributed by atoms with Crippen LogP contribution in [0.2, 0.25) is 0 Å². The maximum Gasteiger partial charge on any atom is 0.339 e. The van der Waals surface area contributed by atoms with Crippen molar-refractivity contribution in [2.75, 3.05) is 35.5 Å². The van der Waals surface area contributed by atoms with E-state index in [0.717, 1.165) is 0 Å². The molecule has 12 heteroatoms. The lowest BCUT2D eigenvalue weighted by Crippen LogP contribution is -2.17. The Morgan fingerprint density at radius 1 is 0.763 bits per heavy atom. The Balaban J connectivity index is 2.08. The van der Waals surface area contributed by atoms with Gasteiger partial charge in [0.25, 0.3) is 0 Å². The first kappa shape index (κ1) is 27.1. The Hall–Kier alpha value is -3.90. The van der Waals surface area contributed by atoms with Crippen LogP contribution in [0.15, 0.2) is 67.1 Å². The molecule has 1 aromatic heterocycles. The van der Waals surface area contributed by atoms with Gasteiger partial charge in [0.2, 0.25) is 16.9 Å². The van der Waals surface area contributed by atoms with Gasteiger partial charge in [-0.05, 0) is 30.3 Å². The van der Waals surface area contributed by atoms with E-state index in [9.17, 15) is 13.2 Å². The summed E-state index contributed by atoms with van der Waals surface area (Å²) in [5, 5.41) is -0.0380. The summed E-state index contributed by atoms with van der Waals surface area (Å²) in [6.45, 7) is 0. The summed E-state index contributed by atoms with van der Waals surface area (Å²) in [5.74, 6) is 0.445. The van der Waals surface area contributed by atoms with Crippen molar-refractivity contribution in [3.63, 3.8) is 0 Å². The fourth-order valence-corrected chi connectivity index (χ4v) is 5.31. The van der Waals surface area contributed by atoms with E-state index >= 15 is 0 Å². The highest BCUT2D eigenvalue weighted by Crippen LogP contribution is 2.44. The summed E-state index contributed by atoms with van der Waals surface area (Å²) in [6, 6.07) is 11.8. The zero-order valence-electron chi connectivity index (χ0n) is 21.0. The molecule has 1 heterocycles. The van der Waals surface area contributed by atoms with Crippen molar-refractivity contribution in [1.82, 2.24) is 0 Å². The molecule has 0 saturated carbocycles. The molecule has 0 radical (unpaired) electrons. The van der Waals surface area contributed by atoms with Crippen molar-refractivity contribution in [2.45, 2.75) is 4.90 Å². The second kappa shape index (κ2) is 10.8. The van der Waals surface area contributed by atoms with Crippen LogP contribution < -0.4 is 33.3 Å². The smallest absolute Gasteiger partial charge is 0.339 e. The molecule has 10 nitrogen and oxygen atoms in total. The van der Waals surface area contributed by atoms with Crippen LogP contribution in [0.3, 0.4) is 0 Å². The Kier molecular flexibility index (Phi) is 7.74. The number of rotatable bonds is 9. The molecular weight excluding hydrogens is 584 g/mol. The van der Waals surface area contributed by atoms with Gasteiger partial charge in [0, 0.05) is 22.2 Å². The van der Waals surface area contributed by atoms with Crippen LogP contribution in [-0.4, -0.2) is 44.0 Å². The number of benzene rings is 3. The SMILES string of the molecule is COc1cc(OC)c2c(=O)c(OS(=O)(=O)c3cccc(Br)c3)c(-c3cc(OC)c(OC)c(OC)c3)oc2c1. The topological polar surface area (TPSA) is 120 Å². The quantitative estimate of drug-likeness (QED) is 0.240. The zero-order chi connectivity index (χ0) is 27.6. The van der Waals surface area contributed by atoms with E-state index in [1.807, 2.05) is 0 Å². The van der Waals surface area contributed by atoms with Gasteiger partial charge < -0.3 is 32.3 Å². The number of hydrogen-bond acceptors (Lipinski definition) is 10. The second-order valence-corrected chi connectivity index (χ2v) is 10.2. The minimum absolute atomic E-state index is 0.0380. The summed E-state index contributed by atoms with van der Waals surface area (Å²) in [4.78, 5) is 13.7. The highest BCUT2D eigenvalue weighted by atomic mass is 79.9. The van der Waals surface area contributed by atoms with Crippen LogP contribution in [0.5, 0.6) is 34.5 Å². The van der Waals surface area contributed by atoms with Crippen molar-refractivity contribution in [1.29, 1.82) is 0 Å². The molecule has 0 amide bonds. The van der Waals surface area contributed by atoms with Gasteiger partial charge in [-0.3, -0.25) is 4.79 Å². The van der Waals surface area contributed by atoms with Crippen LogP contribution >= 0.6 is 15.9 Å². The molecule has 0 aliphatic heterocycles. The Morgan fingerprint density at radius 3 is 1.97 bits per heavy atom. The van der Waals surface area contributed by atoms with Crippen molar-refractivity contribution in [3.05, 3.63) is 63.2 Å². The second-order valence-electron chi connectivity index (χ2n) is 7.70. The predicted molar refractivity (Wildman–Crippen MR) is 143 cm³/mol. The van der Waals surface area contributed by atoms with Gasteiger partial charge in [-0.25, -0.2) is 0 Å². The molecular formula is C26H23BrO10S. The van der Waals surface area contributed by atoms with E-state index in [0.29, 0.717) is 10.2 Å². The summed E-state index contributed by atoms with van der Waals surface area (Å²) < 4.78 is 65.6. The first-order valence-corrected chi connectivity index (χ1v) is 13.1. The molecule has 3 aromatic carbocycles. The first-order valence-electron chi connectivity index (χ1n) is 10.9. The minimum Gasteiger partial charge on any atom is -0.496 e. The van der Waals surface area contributed by atoms with Gasteiger partial charge in [-0.2, -0.15) is 8.42 Å². The average Bonchev–Trinajstić information content (AvgIpc) is 2.92. The third-order valence-corrected chi connectivity index (χ3v) is 7.26. The molecule has 0 spiro atoms. The van der Waals surface area contributed by atoms with Gasteiger partial charge in [0.1, 0.15) is 27.4 Å². The Morgan fingerprint density at radius 2 is 1.42 bits per heavy atom. The van der Waals surface area contributed by atoms with Crippen molar-refractivity contribution < 1.29 is 40.7 Å². The zero-order valence-corrected chi connectivity index (χ0v) is 23.4. The Bertz CT molecular complexity index is 1650. The molecule has 0 unspecified atom stereocenters. The van der Waals surface area contributed by atoms with Crippen LogP contribution in [0.25, 0.3) is 22.3 Å². The van der Waals surface area contributed by atoms with E-state index in [2.05, 4.69) is 15.9 Å². The van der Waals surface area contributed by atoms with Gasteiger partial charge in [-0.1, -0.05) is 22.0 Å². The Labute approximate surface area is 226 Å². The fraction of sp³-hybridized carbons (Fsp3) is 0.192. The number of fused-ring (bicyclic) bond motifs is 1. The minimum atomic E-state index is -4.48. The fourth-order valence-electron chi connectivity index (χ4n) is 3.78. The standard InChI is InChI=1S/C26H23BrO10S/c1-31-16-12-18(32-2)22-19(13-16)36-24(14-9-20(33-3)25(35-5)21(10-14)34-4)26(23(22)28)37-38(29,30)17-8-6-7-15(27)11-17/h6-13H,1-5H3. The maximum atomic E-state index is 13.8. The lowest BCUT2D eigenvalue weighted by Gasteiger charge is -2.16. The molecule has 0 saturated heterocycles. The summed E-state index contributed by atoms with van der Waals surface area (Å²) in [6.07, 6.45) is 0. The molecule has 38 heavy (non-hydrogen) atoms. The van der Waals surface area contributed by atoms with Crippen LogP contribution in [0.4, 0.5) is 0 Å². The lowest BCUT2D eigenvalue weighted by molar-refractivity contribution is 0.324. The summed E-state index contributed by atoms with van der Waals surface area (Å²) in [5.41, 5.74) is -0.491. The molecule has 0 atom stereocenters. The number of hydrogen-bond donors (Lipinski definition) is 0. The highest BCUT2D eigenvalue weighted by Gasteiger charge is 2.28. The number of halogens is 1. The molecule has 0 aliphatic rings. The van der Waals surface area contributed by atoms with E-state index in [-0.39, 0.29) is 50.2 Å². The normalized spacial score (nSPS) is 11.2. The van der Waals surface area contributed by atoms with Crippen molar-refractivity contribution in [3.8, 4) is 45.8 Å². The van der Waals surface area contributed by atoms with Crippen LogP contribution in [0, 0.1) is 0 Å². The predicted octanol–water partition coefficient (Wildman–Crippen LogP) is 5.03. The van der Waals surface area contributed by atoms with E-state index in [1.54, 1.807) is 6.07 Å². The van der Waals surface area contributed by atoms with Gasteiger partial charge in [0.05, 0.1) is 35.5 Å². The van der Waals surface area contributed by atoms with E-state index < -0.39 is 21.3 Å². The molecule has 4 rings (SSSR count). The number of ether oxygens (including phenoxy) is 5. The molecule has 0 fully saturated rings. The molecule has 0 bridgehead atoms. The van der Waals surface area contributed by atoms with Crippen LogP contribution in [-0.2, 0) is 10.1 Å². The molecule has 4 aromatic rings. The third-order valence-electron chi connectivity index (χ3n) is 5.55. The third kappa shape index (κ3) is 4.96. The highest BCUT2D eigenvalue weighted by molar-refractivity contribution is 9.10. The maximum absolute atomic E-state index is 13.8. The summed E-state index contributed by atoms with van der Waals surface area (Å²) in [7, 11) is 2.61. The van der Waals surface area contributed by atoms with Gasteiger partial charge in [-0.15, -0.1) is 0 Å². The van der Waals surface area contributed by atoms with Gasteiger partial charge in [0.15, 0.2) is 17.3 Å². The van der Waals surface area contributed by atoms with Gasteiger partial charge >= 0.3 is 10.1 Å². The molecule has 0 N–H and O–H groups in total. The number of methoxy groups -OCH3 is 5. The molecule has 200 valence electrons. The van der Waals surface area contributed by atoms with E-state index in [1.165, 1.54) is 78.0 Å².